The van der Waals surface area contributed by atoms with Crippen LogP contribution in [0.3, 0.4) is 0 Å². The Morgan fingerprint density at radius 2 is 2.05 bits per heavy atom. The maximum atomic E-state index is 11.8. The highest BCUT2D eigenvalue weighted by atomic mass is 35.5. The van der Waals surface area contributed by atoms with Gasteiger partial charge in [0.25, 0.3) is 0 Å². The highest BCUT2D eigenvalue weighted by Gasteiger charge is 2.11. The molecule has 106 valence electrons. The number of carbonyl (C=O) groups is 1. The van der Waals surface area contributed by atoms with E-state index in [4.69, 9.17) is 33.4 Å². The molecule has 1 aromatic heterocycles. The zero-order chi connectivity index (χ0) is 14.5. The van der Waals surface area contributed by atoms with Crippen LogP contribution in [0.15, 0.2) is 34.9 Å². The Morgan fingerprint density at radius 3 is 2.65 bits per heavy atom. The zero-order valence-electron chi connectivity index (χ0n) is 10.4. The molecule has 3 N–H and O–H groups in total. The molecule has 0 aliphatic heterocycles. The minimum absolute atomic E-state index is 0.185. The van der Waals surface area contributed by atoms with Crippen LogP contribution in [0.5, 0.6) is 0 Å². The predicted octanol–water partition coefficient (Wildman–Crippen LogP) is 4.04. The van der Waals surface area contributed by atoms with Gasteiger partial charge in [0.05, 0.1) is 33.5 Å². The van der Waals surface area contributed by atoms with Crippen molar-refractivity contribution in [1.29, 1.82) is 0 Å². The molecule has 1 heterocycles. The van der Waals surface area contributed by atoms with Gasteiger partial charge in [-0.05, 0) is 24.3 Å². The van der Waals surface area contributed by atoms with Crippen LogP contribution in [0.2, 0.25) is 10.0 Å². The summed E-state index contributed by atoms with van der Waals surface area (Å²) in [4.78, 5) is 11.8. The van der Waals surface area contributed by atoms with Crippen molar-refractivity contribution in [2.45, 2.75) is 5.75 Å². The summed E-state index contributed by atoms with van der Waals surface area (Å²) in [6.45, 7) is 0. The topological polar surface area (TPSA) is 68.3 Å². The number of halogens is 2. The van der Waals surface area contributed by atoms with Crippen molar-refractivity contribution in [3.63, 3.8) is 0 Å². The largest absolute Gasteiger partial charge is 0.468 e. The molecule has 0 spiro atoms. The van der Waals surface area contributed by atoms with Crippen molar-refractivity contribution in [2.24, 2.45) is 0 Å². The standard InChI is InChI=1S/C13H12Cl2N2O2S/c14-10-4-8(16)5-11(15)13(10)17-12(18)7-20-6-9-2-1-3-19-9/h1-5H,6-7,16H2,(H,17,18). The molecule has 0 saturated carbocycles. The average molecular weight is 331 g/mol. The van der Waals surface area contributed by atoms with Gasteiger partial charge in [0.15, 0.2) is 0 Å². The van der Waals surface area contributed by atoms with Crippen LogP contribution in [-0.4, -0.2) is 11.7 Å². The molecule has 0 radical (unpaired) electrons. The van der Waals surface area contributed by atoms with E-state index in [1.54, 1.807) is 18.4 Å². The second kappa shape index (κ2) is 6.92. The van der Waals surface area contributed by atoms with Gasteiger partial charge >= 0.3 is 0 Å². The van der Waals surface area contributed by atoms with Crippen LogP contribution >= 0.6 is 35.0 Å². The molecular weight excluding hydrogens is 319 g/mol. The smallest absolute Gasteiger partial charge is 0.234 e. The summed E-state index contributed by atoms with van der Waals surface area (Å²) >= 11 is 13.4. The number of anilines is 2. The number of carbonyl (C=O) groups excluding carboxylic acids is 1. The van der Waals surface area contributed by atoms with E-state index in [1.807, 2.05) is 12.1 Å². The van der Waals surface area contributed by atoms with Gasteiger partial charge in [0, 0.05) is 5.69 Å². The zero-order valence-corrected chi connectivity index (χ0v) is 12.7. The maximum absolute atomic E-state index is 11.8. The lowest BCUT2D eigenvalue weighted by Crippen LogP contribution is -2.15. The Hall–Kier alpha value is -1.30. The summed E-state index contributed by atoms with van der Waals surface area (Å²) in [5.41, 5.74) is 6.43. The number of thioether (sulfide) groups is 1. The minimum atomic E-state index is -0.185. The average Bonchev–Trinajstić information content (AvgIpc) is 2.87. The highest BCUT2D eigenvalue weighted by molar-refractivity contribution is 7.99. The predicted molar refractivity (Wildman–Crippen MR) is 84.4 cm³/mol. The summed E-state index contributed by atoms with van der Waals surface area (Å²) in [5.74, 6) is 1.54. The second-order valence-electron chi connectivity index (χ2n) is 3.98. The Labute approximate surface area is 130 Å². The lowest BCUT2D eigenvalue weighted by atomic mass is 10.3. The lowest BCUT2D eigenvalue weighted by molar-refractivity contribution is -0.113. The maximum Gasteiger partial charge on any atom is 0.234 e. The van der Waals surface area contributed by atoms with E-state index in [1.165, 1.54) is 11.8 Å². The van der Waals surface area contributed by atoms with Crippen molar-refractivity contribution in [2.75, 3.05) is 16.8 Å². The summed E-state index contributed by atoms with van der Waals surface area (Å²) in [5, 5.41) is 3.31. The van der Waals surface area contributed by atoms with Crippen LogP contribution in [0.4, 0.5) is 11.4 Å². The molecule has 0 aliphatic rings. The molecule has 1 aromatic carbocycles. The third kappa shape index (κ3) is 4.10. The Kier molecular flexibility index (Phi) is 5.23. The van der Waals surface area contributed by atoms with Crippen molar-refractivity contribution < 1.29 is 9.21 Å². The molecule has 0 unspecified atom stereocenters. The van der Waals surface area contributed by atoms with Crippen LogP contribution in [-0.2, 0) is 10.5 Å². The van der Waals surface area contributed by atoms with Crippen molar-refractivity contribution in [3.8, 4) is 0 Å². The first kappa shape index (κ1) is 15.1. The fourth-order valence-electron chi connectivity index (χ4n) is 1.53. The van der Waals surface area contributed by atoms with E-state index in [0.29, 0.717) is 27.2 Å². The number of rotatable bonds is 5. The van der Waals surface area contributed by atoms with Gasteiger partial charge in [0.1, 0.15) is 5.76 Å². The molecule has 4 nitrogen and oxygen atoms in total. The third-order valence-electron chi connectivity index (χ3n) is 2.39. The van der Waals surface area contributed by atoms with Gasteiger partial charge in [-0.3, -0.25) is 4.79 Å². The first-order valence-electron chi connectivity index (χ1n) is 5.71. The van der Waals surface area contributed by atoms with Gasteiger partial charge in [-0.25, -0.2) is 0 Å². The first-order valence-corrected chi connectivity index (χ1v) is 7.62. The Balaban J connectivity index is 1.88. The number of nitrogens with two attached hydrogens (primary N) is 1. The van der Waals surface area contributed by atoms with E-state index in [2.05, 4.69) is 5.32 Å². The Morgan fingerprint density at radius 1 is 1.35 bits per heavy atom. The molecule has 20 heavy (non-hydrogen) atoms. The molecular formula is C13H12Cl2N2O2S. The van der Waals surface area contributed by atoms with E-state index in [9.17, 15) is 4.79 Å². The number of amides is 1. The van der Waals surface area contributed by atoms with Gasteiger partial charge in [-0.2, -0.15) is 0 Å². The van der Waals surface area contributed by atoms with E-state index in [0.717, 1.165) is 5.76 Å². The van der Waals surface area contributed by atoms with Crippen molar-refractivity contribution in [1.82, 2.24) is 0 Å². The minimum Gasteiger partial charge on any atom is -0.468 e. The Bertz CT molecular complexity index is 579. The number of nitrogen functional groups attached to an aromatic ring is 1. The quantitative estimate of drug-likeness (QED) is 0.812. The fraction of sp³-hybridized carbons (Fsp3) is 0.154. The molecule has 2 aromatic rings. The molecule has 0 atom stereocenters. The number of benzene rings is 1. The second-order valence-corrected chi connectivity index (χ2v) is 5.78. The van der Waals surface area contributed by atoms with Crippen molar-refractivity contribution >= 4 is 52.2 Å². The number of nitrogens with one attached hydrogen (secondary N) is 1. The highest BCUT2D eigenvalue weighted by Crippen LogP contribution is 2.32. The van der Waals surface area contributed by atoms with Crippen molar-refractivity contribution in [3.05, 3.63) is 46.3 Å². The summed E-state index contributed by atoms with van der Waals surface area (Å²) < 4.78 is 5.18. The monoisotopic (exact) mass is 330 g/mol. The van der Waals surface area contributed by atoms with Gasteiger partial charge in [-0.15, -0.1) is 11.8 Å². The molecule has 0 saturated heterocycles. The van der Waals surface area contributed by atoms with Crippen LogP contribution in [0.25, 0.3) is 0 Å². The number of furan rings is 1. The summed E-state index contributed by atoms with van der Waals surface area (Å²) in [6.07, 6.45) is 1.60. The van der Waals surface area contributed by atoms with Gasteiger partial charge in [0.2, 0.25) is 5.91 Å². The number of hydrogen-bond donors (Lipinski definition) is 2. The number of hydrogen-bond acceptors (Lipinski definition) is 4. The first-order chi connectivity index (χ1) is 9.56. The van der Waals surface area contributed by atoms with Crippen LogP contribution in [0, 0.1) is 0 Å². The van der Waals surface area contributed by atoms with Crippen LogP contribution in [0.1, 0.15) is 5.76 Å². The van der Waals surface area contributed by atoms with E-state index < -0.39 is 0 Å². The SMILES string of the molecule is Nc1cc(Cl)c(NC(=O)CSCc2ccco2)c(Cl)c1. The molecule has 2 rings (SSSR count). The van der Waals surface area contributed by atoms with Gasteiger partial charge in [-0.1, -0.05) is 23.2 Å². The summed E-state index contributed by atoms with van der Waals surface area (Å²) in [6, 6.07) is 6.75. The lowest BCUT2D eigenvalue weighted by Gasteiger charge is -2.09. The fourth-order valence-corrected chi connectivity index (χ4v) is 2.85. The third-order valence-corrected chi connectivity index (χ3v) is 3.94. The van der Waals surface area contributed by atoms with E-state index >= 15 is 0 Å². The molecule has 0 bridgehead atoms. The molecule has 7 heteroatoms. The van der Waals surface area contributed by atoms with Crippen LogP contribution < -0.4 is 11.1 Å². The summed E-state index contributed by atoms with van der Waals surface area (Å²) in [7, 11) is 0. The molecule has 1 amide bonds. The van der Waals surface area contributed by atoms with Gasteiger partial charge < -0.3 is 15.5 Å². The van der Waals surface area contributed by atoms with E-state index in [-0.39, 0.29) is 11.7 Å². The normalized spacial score (nSPS) is 10.5. The molecule has 0 aliphatic carbocycles. The molecule has 0 fully saturated rings.